The highest BCUT2D eigenvalue weighted by atomic mass is 35.5. The molecular formula is C17H13ClN2OS. The topological polar surface area (TPSA) is 52.9 Å². The Balaban J connectivity index is 2.26. The lowest BCUT2D eigenvalue weighted by Crippen LogP contribution is -2.24. The average molecular weight is 329 g/mol. The summed E-state index contributed by atoms with van der Waals surface area (Å²) in [6.45, 7) is 3.85. The molecule has 1 heterocycles. The van der Waals surface area contributed by atoms with E-state index in [1.165, 1.54) is 11.3 Å². The third-order valence-corrected chi connectivity index (χ3v) is 4.22. The zero-order chi connectivity index (χ0) is 15.9. The Labute approximate surface area is 138 Å². The number of nitriles is 1. The molecule has 1 N–H and O–H groups in total. The van der Waals surface area contributed by atoms with Crippen LogP contribution >= 0.6 is 22.9 Å². The van der Waals surface area contributed by atoms with Crippen LogP contribution in [-0.4, -0.2) is 12.5 Å². The van der Waals surface area contributed by atoms with E-state index in [4.69, 9.17) is 16.9 Å². The van der Waals surface area contributed by atoms with Gasteiger partial charge in [0, 0.05) is 26.9 Å². The fourth-order valence-corrected chi connectivity index (χ4v) is 3.07. The van der Waals surface area contributed by atoms with Gasteiger partial charge in [-0.25, -0.2) is 0 Å². The molecule has 2 aromatic rings. The lowest BCUT2D eigenvalue weighted by atomic mass is 10.2. The zero-order valence-corrected chi connectivity index (χ0v) is 13.2. The maximum atomic E-state index is 11.8. The van der Waals surface area contributed by atoms with Crippen LogP contribution in [0.2, 0.25) is 5.02 Å². The molecule has 1 aromatic heterocycles. The summed E-state index contributed by atoms with van der Waals surface area (Å²) in [5, 5.41) is 12.4. The number of halogens is 1. The van der Waals surface area contributed by atoms with Crippen LogP contribution in [0.5, 0.6) is 0 Å². The van der Waals surface area contributed by atoms with Crippen LogP contribution in [0, 0.1) is 11.3 Å². The lowest BCUT2D eigenvalue weighted by Gasteiger charge is -2.00. The van der Waals surface area contributed by atoms with Crippen molar-refractivity contribution in [3.63, 3.8) is 0 Å². The largest absolute Gasteiger partial charge is 0.348 e. The molecule has 1 amide bonds. The second kappa shape index (κ2) is 7.60. The van der Waals surface area contributed by atoms with Crippen molar-refractivity contribution in [1.29, 1.82) is 5.26 Å². The molecule has 0 aliphatic carbocycles. The van der Waals surface area contributed by atoms with Crippen LogP contribution in [0.1, 0.15) is 4.88 Å². The van der Waals surface area contributed by atoms with Crippen molar-refractivity contribution < 1.29 is 4.79 Å². The Bertz CT molecular complexity index is 771. The summed E-state index contributed by atoms with van der Waals surface area (Å²) >= 11 is 7.65. The number of nitrogens with zero attached hydrogens (tertiary/aromatic N) is 1. The number of carbonyl (C=O) groups is 1. The molecule has 0 radical (unpaired) electrons. The first-order valence-electron chi connectivity index (χ1n) is 6.51. The van der Waals surface area contributed by atoms with Crippen LogP contribution in [0.15, 0.2) is 54.6 Å². The van der Waals surface area contributed by atoms with Gasteiger partial charge in [0.2, 0.25) is 0 Å². The first-order valence-corrected chi connectivity index (χ1v) is 7.70. The first-order chi connectivity index (χ1) is 10.7. The molecule has 3 nitrogen and oxygen atoms in total. The minimum atomic E-state index is -0.407. The molecule has 0 fully saturated rings. The molecule has 0 saturated carbocycles. The second-order valence-corrected chi connectivity index (χ2v) is 5.87. The molecule has 0 atom stereocenters. The van der Waals surface area contributed by atoms with Crippen molar-refractivity contribution in [3.05, 3.63) is 64.5 Å². The van der Waals surface area contributed by atoms with Gasteiger partial charge in [-0.1, -0.05) is 35.9 Å². The minimum absolute atomic E-state index is 0.0643. The zero-order valence-electron chi connectivity index (χ0n) is 11.7. The summed E-state index contributed by atoms with van der Waals surface area (Å²) in [6.07, 6.45) is 3.14. The Hall–Kier alpha value is -2.35. The highest BCUT2D eigenvalue weighted by Gasteiger charge is 2.10. The van der Waals surface area contributed by atoms with E-state index >= 15 is 0 Å². The Morgan fingerprint density at radius 2 is 2.14 bits per heavy atom. The number of rotatable bonds is 5. The third kappa shape index (κ3) is 3.85. The van der Waals surface area contributed by atoms with Crippen molar-refractivity contribution in [2.45, 2.75) is 0 Å². The van der Waals surface area contributed by atoms with E-state index in [-0.39, 0.29) is 5.57 Å². The van der Waals surface area contributed by atoms with Gasteiger partial charge < -0.3 is 5.32 Å². The van der Waals surface area contributed by atoms with Crippen molar-refractivity contribution in [3.8, 4) is 16.5 Å². The van der Waals surface area contributed by atoms with Gasteiger partial charge in [-0.3, -0.25) is 4.79 Å². The van der Waals surface area contributed by atoms with Crippen molar-refractivity contribution in [1.82, 2.24) is 5.32 Å². The predicted octanol–water partition coefficient (Wildman–Crippen LogP) is 4.28. The molecule has 0 saturated heterocycles. The summed E-state index contributed by atoms with van der Waals surface area (Å²) in [4.78, 5) is 13.6. The Kier molecular flexibility index (Phi) is 5.54. The Morgan fingerprint density at radius 3 is 2.82 bits per heavy atom. The predicted molar refractivity (Wildman–Crippen MR) is 91.6 cm³/mol. The van der Waals surface area contributed by atoms with E-state index in [0.717, 1.165) is 15.3 Å². The summed E-state index contributed by atoms with van der Waals surface area (Å²) in [5.74, 6) is -0.407. The summed E-state index contributed by atoms with van der Waals surface area (Å²) in [6, 6.07) is 13.3. The molecule has 110 valence electrons. The monoisotopic (exact) mass is 328 g/mol. The van der Waals surface area contributed by atoms with Crippen molar-refractivity contribution >= 4 is 34.9 Å². The quantitative estimate of drug-likeness (QED) is 0.506. The third-order valence-electron chi connectivity index (χ3n) is 2.82. The number of carbonyl (C=O) groups excluding carboxylic acids is 1. The Morgan fingerprint density at radius 1 is 1.36 bits per heavy atom. The number of benzene rings is 1. The molecule has 1 aromatic carbocycles. The number of amides is 1. The van der Waals surface area contributed by atoms with E-state index in [9.17, 15) is 4.79 Å². The maximum Gasteiger partial charge on any atom is 0.262 e. The molecule has 2 rings (SSSR count). The standard InChI is InChI=1S/C17H13ClN2OS/c1-2-9-20-17(21)12(11-19)10-13-7-8-16(22-13)14-5-3-4-6-15(14)18/h2-8,10H,1,9H2,(H,20,21)/b12-10+. The fourth-order valence-electron chi connectivity index (χ4n) is 1.79. The van der Waals surface area contributed by atoms with Gasteiger partial charge in [-0.05, 0) is 24.3 Å². The van der Waals surface area contributed by atoms with E-state index in [1.54, 1.807) is 12.2 Å². The second-order valence-electron chi connectivity index (χ2n) is 4.35. The van der Waals surface area contributed by atoms with Gasteiger partial charge in [-0.15, -0.1) is 17.9 Å². The van der Waals surface area contributed by atoms with Gasteiger partial charge in [0.15, 0.2) is 0 Å². The van der Waals surface area contributed by atoms with E-state index in [0.29, 0.717) is 11.6 Å². The maximum absolute atomic E-state index is 11.8. The summed E-state index contributed by atoms with van der Waals surface area (Å²) in [5.41, 5.74) is 0.998. The van der Waals surface area contributed by atoms with Gasteiger partial charge in [0.05, 0.1) is 0 Å². The normalized spacial score (nSPS) is 10.8. The van der Waals surface area contributed by atoms with Crippen LogP contribution in [0.25, 0.3) is 16.5 Å². The van der Waals surface area contributed by atoms with E-state index < -0.39 is 5.91 Å². The summed E-state index contributed by atoms with van der Waals surface area (Å²) in [7, 11) is 0. The van der Waals surface area contributed by atoms with E-state index in [1.807, 2.05) is 42.5 Å². The van der Waals surface area contributed by atoms with Gasteiger partial charge >= 0.3 is 0 Å². The van der Waals surface area contributed by atoms with Crippen LogP contribution in [0.4, 0.5) is 0 Å². The minimum Gasteiger partial charge on any atom is -0.348 e. The van der Waals surface area contributed by atoms with Gasteiger partial charge in [0.1, 0.15) is 11.6 Å². The molecule has 0 bridgehead atoms. The SMILES string of the molecule is C=CCNC(=O)/C(C#N)=C/c1ccc(-c2ccccc2Cl)s1. The molecule has 5 heteroatoms. The van der Waals surface area contributed by atoms with E-state index in [2.05, 4.69) is 11.9 Å². The average Bonchev–Trinajstić information content (AvgIpc) is 2.99. The number of hydrogen-bond donors (Lipinski definition) is 1. The van der Waals surface area contributed by atoms with Crippen LogP contribution < -0.4 is 5.32 Å². The highest BCUT2D eigenvalue weighted by molar-refractivity contribution is 7.16. The fraction of sp³-hybridized carbons (Fsp3) is 0.0588. The number of nitrogens with one attached hydrogen (secondary N) is 1. The molecule has 0 unspecified atom stereocenters. The molecule has 22 heavy (non-hydrogen) atoms. The molecule has 0 aliphatic heterocycles. The van der Waals surface area contributed by atoms with Crippen molar-refractivity contribution in [2.24, 2.45) is 0 Å². The van der Waals surface area contributed by atoms with Gasteiger partial charge in [0.25, 0.3) is 5.91 Å². The molecular weight excluding hydrogens is 316 g/mol. The van der Waals surface area contributed by atoms with Gasteiger partial charge in [-0.2, -0.15) is 5.26 Å². The number of hydrogen-bond acceptors (Lipinski definition) is 3. The lowest BCUT2D eigenvalue weighted by molar-refractivity contribution is -0.116. The van der Waals surface area contributed by atoms with Crippen LogP contribution in [0.3, 0.4) is 0 Å². The molecule has 0 spiro atoms. The molecule has 0 aliphatic rings. The highest BCUT2D eigenvalue weighted by Crippen LogP contribution is 2.33. The van der Waals surface area contributed by atoms with Crippen LogP contribution in [-0.2, 0) is 4.79 Å². The first kappa shape index (κ1) is 16.0. The number of thiophene rings is 1. The van der Waals surface area contributed by atoms with Crippen molar-refractivity contribution in [2.75, 3.05) is 6.54 Å². The summed E-state index contributed by atoms with van der Waals surface area (Å²) < 4.78 is 0. The smallest absolute Gasteiger partial charge is 0.262 e.